The molecule has 1 unspecified atom stereocenters. The first kappa shape index (κ1) is 21.1. The number of rotatable bonds is 10. The van der Waals surface area contributed by atoms with E-state index in [4.69, 9.17) is 9.47 Å². The Bertz CT molecular complexity index is 819. The molecule has 0 aliphatic carbocycles. The summed E-state index contributed by atoms with van der Waals surface area (Å²) in [5.41, 5.74) is 1.40. The number of carbonyl (C=O) groups excluding carboxylic acids is 1. The van der Waals surface area contributed by atoms with Gasteiger partial charge >= 0.3 is 5.97 Å². The van der Waals surface area contributed by atoms with Crippen molar-refractivity contribution in [2.24, 2.45) is 0 Å². The van der Waals surface area contributed by atoms with Crippen molar-refractivity contribution in [2.45, 2.75) is 31.3 Å². The Morgan fingerprint density at radius 1 is 1.07 bits per heavy atom. The molecular weight excluding hydrogens is 366 g/mol. The largest absolute Gasteiger partial charge is 0.462 e. The van der Waals surface area contributed by atoms with Crippen LogP contribution >= 0.6 is 0 Å². The number of nitrogens with one attached hydrogen (secondary N) is 1. The van der Waals surface area contributed by atoms with Crippen LogP contribution in [0.5, 0.6) is 0 Å². The molecule has 0 aliphatic heterocycles. The maximum Gasteiger partial charge on any atom is 0.338 e. The summed E-state index contributed by atoms with van der Waals surface area (Å²) in [4.78, 5) is 11.7. The highest BCUT2D eigenvalue weighted by atomic mass is 32.2. The molecule has 0 radical (unpaired) electrons. The third-order valence-electron chi connectivity index (χ3n) is 3.93. The summed E-state index contributed by atoms with van der Waals surface area (Å²) in [6.45, 7) is 4.66. The van der Waals surface area contributed by atoms with Crippen molar-refractivity contribution in [1.29, 1.82) is 0 Å². The van der Waals surface area contributed by atoms with Gasteiger partial charge in [-0.2, -0.15) is 0 Å². The first-order valence-corrected chi connectivity index (χ1v) is 10.4. The molecule has 0 aliphatic rings. The molecular formula is C20H25NO5S. The highest BCUT2D eigenvalue weighted by molar-refractivity contribution is 7.89. The summed E-state index contributed by atoms with van der Waals surface area (Å²) in [5.74, 6) is -0.473. The van der Waals surface area contributed by atoms with E-state index in [1.54, 1.807) is 6.92 Å². The van der Waals surface area contributed by atoms with Gasteiger partial charge in [0.05, 0.1) is 23.2 Å². The van der Waals surface area contributed by atoms with Crippen LogP contribution < -0.4 is 4.72 Å². The number of ether oxygens (including phenoxy) is 2. The molecule has 2 aromatic rings. The molecule has 0 bridgehead atoms. The highest BCUT2D eigenvalue weighted by Gasteiger charge is 2.15. The van der Waals surface area contributed by atoms with Gasteiger partial charge in [-0.25, -0.2) is 17.9 Å². The van der Waals surface area contributed by atoms with Crippen molar-refractivity contribution in [1.82, 2.24) is 4.72 Å². The van der Waals surface area contributed by atoms with E-state index in [1.807, 2.05) is 37.3 Å². The lowest BCUT2D eigenvalue weighted by Gasteiger charge is -2.13. The molecule has 146 valence electrons. The molecule has 1 atom stereocenters. The van der Waals surface area contributed by atoms with Crippen LogP contribution in [0.3, 0.4) is 0 Å². The van der Waals surface area contributed by atoms with Crippen LogP contribution in [-0.2, 0) is 19.5 Å². The Hall–Kier alpha value is -2.22. The zero-order valence-electron chi connectivity index (χ0n) is 15.6. The van der Waals surface area contributed by atoms with E-state index in [2.05, 4.69) is 4.72 Å². The summed E-state index contributed by atoms with van der Waals surface area (Å²) < 4.78 is 37.7. The van der Waals surface area contributed by atoms with Gasteiger partial charge in [0.25, 0.3) is 0 Å². The summed E-state index contributed by atoms with van der Waals surface area (Å²) in [5, 5.41) is 0. The Balaban J connectivity index is 1.78. The maximum absolute atomic E-state index is 12.3. The van der Waals surface area contributed by atoms with Crippen molar-refractivity contribution in [2.75, 3.05) is 19.8 Å². The van der Waals surface area contributed by atoms with Crippen molar-refractivity contribution in [3.05, 3.63) is 65.7 Å². The van der Waals surface area contributed by atoms with E-state index in [1.165, 1.54) is 24.3 Å². The second kappa shape index (κ2) is 10.2. The molecule has 0 saturated carbocycles. The van der Waals surface area contributed by atoms with Gasteiger partial charge in [0.1, 0.15) is 0 Å². The topological polar surface area (TPSA) is 81.7 Å². The van der Waals surface area contributed by atoms with Crippen LogP contribution in [0.25, 0.3) is 0 Å². The molecule has 0 amide bonds. The van der Waals surface area contributed by atoms with Gasteiger partial charge in [-0.15, -0.1) is 0 Å². The number of hydrogen-bond donors (Lipinski definition) is 1. The van der Waals surface area contributed by atoms with Crippen LogP contribution in [0.15, 0.2) is 59.5 Å². The molecule has 2 aromatic carbocycles. The molecule has 0 heterocycles. The van der Waals surface area contributed by atoms with Crippen LogP contribution in [0, 0.1) is 0 Å². The van der Waals surface area contributed by atoms with Crippen molar-refractivity contribution >= 4 is 16.0 Å². The predicted octanol–water partition coefficient (Wildman–Crippen LogP) is 3.31. The van der Waals surface area contributed by atoms with Crippen LogP contribution in [-0.4, -0.2) is 34.1 Å². The van der Waals surface area contributed by atoms with Crippen molar-refractivity contribution in [3.63, 3.8) is 0 Å². The van der Waals surface area contributed by atoms with Crippen LogP contribution in [0.4, 0.5) is 0 Å². The average Bonchev–Trinajstić information content (AvgIpc) is 2.68. The zero-order chi connectivity index (χ0) is 19.7. The van der Waals surface area contributed by atoms with Gasteiger partial charge in [-0.05, 0) is 50.1 Å². The van der Waals surface area contributed by atoms with E-state index < -0.39 is 16.0 Å². The molecule has 0 spiro atoms. The van der Waals surface area contributed by atoms with Crippen LogP contribution in [0.2, 0.25) is 0 Å². The first-order chi connectivity index (χ1) is 12.9. The maximum atomic E-state index is 12.3. The van der Waals surface area contributed by atoms with Gasteiger partial charge in [0.2, 0.25) is 10.0 Å². The lowest BCUT2D eigenvalue weighted by atomic mass is 10.1. The van der Waals surface area contributed by atoms with E-state index >= 15 is 0 Å². The monoisotopic (exact) mass is 391 g/mol. The summed E-state index contributed by atoms with van der Waals surface area (Å²) in [7, 11) is -3.63. The van der Waals surface area contributed by atoms with Crippen molar-refractivity contribution in [3.8, 4) is 0 Å². The standard InChI is InChI=1S/C20H25NO5S/c1-3-25-20(22)18-10-12-19(13-11-18)27(23,24)21-14-7-15-26-16(2)17-8-5-4-6-9-17/h4-6,8-13,16,21H,3,7,14-15H2,1-2H3. The summed E-state index contributed by atoms with van der Waals surface area (Å²) in [6, 6.07) is 15.5. The Morgan fingerprint density at radius 3 is 2.37 bits per heavy atom. The minimum atomic E-state index is -3.63. The van der Waals surface area contributed by atoms with Crippen molar-refractivity contribution < 1.29 is 22.7 Å². The van der Waals surface area contributed by atoms with Gasteiger partial charge < -0.3 is 9.47 Å². The van der Waals surface area contributed by atoms with E-state index in [9.17, 15) is 13.2 Å². The molecule has 27 heavy (non-hydrogen) atoms. The fourth-order valence-corrected chi connectivity index (χ4v) is 3.50. The average molecular weight is 391 g/mol. The third-order valence-corrected chi connectivity index (χ3v) is 5.40. The molecule has 0 fully saturated rings. The quantitative estimate of drug-likeness (QED) is 0.496. The third kappa shape index (κ3) is 6.46. The minimum absolute atomic E-state index is 0.0433. The van der Waals surface area contributed by atoms with Crippen LogP contribution in [0.1, 0.15) is 42.3 Å². The number of carbonyl (C=O) groups is 1. The second-order valence-electron chi connectivity index (χ2n) is 5.92. The van der Waals surface area contributed by atoms with E-state index in [-0.39, 0.29) is 24.2 Å². The fraction of sp³-hybridized carbons (Fsp3) is 0.350. The number of sulfonamides is 1. The Labute approximate surface area is 160 Å². The summed E-state index contributed by atoms with van der Waals surface area (Å²) in [6.07, 6.45) is 0.510. The molecule has 0 aromatic heterocycles. The predicted molar refractivity (Wildman–Crippen MR) is 103 cm³/mol. The molecule has 1 N–H and O–H groups in total. The first-order valence-electron chi connectivity index (χ1n) is 8.87. The van der Waals surface area contributed by atoms with E-state index in [0.29, 0.717) is 18.6 Å². The van der Waals surface area contributed by atoms with Gasteiger partial charge in [-0.3, -0.25) is 0 Å². The number of hydrogen-bond acceptors (Lipinski definition) is 5. The number of benzene rings is 2. The molecule has 7 heteroatoms. The molecule has 0 saturated heterocycles. The molecule has 6 nitrogen and oxygen atoms in total. The minimum Gasteiger partial charge on any atom is -0.462 e. The van der Waals surface area contributed by atoms with Gasteiger partial charge in [-0.1, -0.05) is 30.3 Å². The zero-order valence-corrected chi connectivity index (χ0v) is 16.4. The van der Waals surface area contributed by atoms with Gasteiger partial charge in [0.15, 0.2) is 0 Å². The number of esters is 1. The SMILES string of the molecule is CCOC(=O)c1ccc(S(=O)(=O)NCCCOC(C)c2ccccc2)cc1. The summed E-state index contributed by atoms with van der Waals surface area (Å²) >= 11 is 0. The molecule has 2 rings (SSSR count). The highest BCUT2D eigenvalue weighted by Crippen LogP contribution is 2.16. The Morgan fingerprint density at radius 2 is 1.74 bits per heavy atom. The lowest BCUT2D eigenvalue weighted by Crippen LogP contribution is -2.25. The fourth-order valence-electron chi connectivity index (χ4n) is 2.43. The lowest BCUT2D eigenvalue weighted by molar-refractivity contribution is 0.0526. The second-order valence-corrected chi connectivity index (χ2v) is 7.69. The normalized spacial score (nSPS) is 12.5. The van der Waals surface area contributed by atoms with E-state index in [0.717, 1.165) is 5.56 Å². The Kier molecular flexibility index (Phi) is 7.97. The smallest absolute Gasteiger partial charge is 0.338 e. The van der Waals surface area contributed by atoms with Gasteiger partial charge in [0, 0.05) is 13.2 Å².